The van der Waals surface area contributed by atoms with Crippen molar-refractivity contribution in [1.82, 2.24) is 0 Å². The summed E-state index contributed by atoms with van der Waals surface area (Å²) < 4.78 is 0.904. The lowest BCUT2D eigenvalue weighted by Gasteiger charge is -2.21. The molecule has 0 saturated heterocycles. The number of hydrogen-bond acceptors (Lipinski definition) is 2. The van der Waals surface area contributed by atoms with E-state index in [1.54, 1.807) is 0 Å². The molecule has 0 radical (unpaired) electrons. The molecule has 0 unspecified atom stereocenters. The molecule has 0 atom stereocenters. The highest BCUT2D eigenvalue weighted by Gasteiger charge is 2.16. The predicted octanol–water partition coefficient (Wildman–Crippen LogP) is 4.37. The average Bonchev–Trinajstić information content (AvgIpc) is 2.46. The fourth-order valence-electron chi connectivity index (χ4n) is 2.53. The Hall–Kier alpha value is -2.14. The number of anilines is 2. The van der Waals surface area contributed by atoms with E-state index in [1.807, 2.05) is 57.2 Å². The minimum atomic E-state index is -0.230. The van der Waals surface area contributed by atoms with Crippen LogP contribution in [0.15, 0.2) is 40.9 Å². The maximum atomic E-state index is 12.4. The smallest absolute Gasteiger partial charge is 0.244 e. The van der Waals surface area contributed by atoms with E-state index in [9.17, 15) is 9.59 Å². The average molecular weight is 389 g/mol. The Bertz CT molecular complexity index is 767. The molecule has 0 aromatic heterocycles. The summed E-state index contributed by atoms with van der Waals surface area (Å²) in [4.78, 5) is 25.8. The van der Waals surface area contributed by atoms with Crippen molar-refractivity contribution in [2.75, 3.05) is 16.8 Å². The van der Waals surface area contributed by atoms with E-state index in [0.29, 0.717) is 5.69 Å². The molecule has 0 aliphatic rings. The van der Waals surface area contributed by atoms with Crippen LogP contribution in [-0.2, 0) is 9.59 Å². The zero-order valence-electron chi connectivity index (χ0n) is 14.3. The summed E-state index contributed by atoms with van der Waals surface area (Å²) in [6.45, 7) is 7.36. The van der Waals surface area contributed by atoms with E-state index >= 15 is 0 Å². The van der Waals surface area contributed by atoms with E-state index < -0.39 is 0 Å². The number of amides is 2. The molecule has 4 nitrogen and oxygen atoms in total. The van der Waals surface area contributed by atoms with E-state index in [2.05, 4.69) is 21.2 Å². The quantitative estimate of drug-likeness (QED) is 0.845. The molecule has 126 valence electrons. The summed E-state index contributed by atoms with van der Waals surface area (Å²) in [5.74, 6) is -0.409. The van der Waals surface area contributed by atoms with Crippen molar-refractivity contribution >= 4 is 39.1 Å². The first-order valence-corrected chi connectivity index (χ1v) is 8.48. The van der Waals surface area contributed by atoms with Gasteiger partial charge in [-0.2, -0.15) is 0 Å². The Labute approximate surface area is 151 Å². The van der Waals surface area contributed by atoms with Gasteiger partial charge < -0.3 is 10.2 Å². The van der Waals surface area contributed by atoms with Crippen molar-refractivity contribution in [2.45, 2.75) is 27.7 Å². The molecule has 24 heavy (non-hydrogen) atoms. The number of nitrogens with zero attached hydrogens (tertiary/aromatic N) is 1. The number of rotatable bonds is 4. The number of nitrogens with one attached hydrogen (secondary N) is 1. The van der Waals surface area contributed by atoms with Crippen LogP contribution >= 0.6 is 15.9 Å². The highest BCUT2D eigenvalue weighted by Crippen LogP contribution is 2.24. The molecule has 0 saturated carbocycles. The van der Waals surface area contributed by atoms with Crippen molar-refractivity contribution < 1.29 is 9.59 Å². The fraction of sp³-hybridized carbons (Fsp3) is 0.263. The largest absolute Gasteiger partial charge is 0.325 e. The van der Waals surface area contributed by atoms with Crippen LogP contribution in [0.2, 0.25) is 0 Å². The minimum absolute atomic E-state index is 0.0299. The van der Waals surface area contributed by atoms with Gasteiger partial charge >= 0.3 is 0 Å². The van der Waals surface area contributed by atoms with Gasteiger partial charge in [0.2, 0.25) is 11.8 Å². The zero-order chi connectivity index (χ0) is 17.9. The van der Waals surface area contributed by atoms with Gasteiger partial charge in [-0.3, -0.25) is 9.59 Å². The molecule has 0 bridgehead atoms. The van der Waals surface area contributed by atoms with E-state index in [4.69, 9.17) is 0 Å². The van der Waals surface area contributed by atoms with Crippen LogP contribution in [0.4, 0.5) is 11.4 Å². The van der Waals surface area contributed by atoms with Crippen LogP contribution in [0, 0.1) is 20.8 Å². The summed E-state index contributed by atoms with van der Waals surface area (Å²) in [5, 5.41) is 2.86. The van der Waals surface area contributed by atoms with Gasteiger partial charge in [-0.1, -0.05) is 28.1 Å². The van der Waals surface area contributed by atoms with Crippen LogP contribution in [0.1, 0.15) is 23.6 Å². The second-order valence-corrected chi connectivity index (χ2v) is 6.82. The number of carbonyl (C=O) groups is 2. The van der Waals surface area contributed by atoms with E-state index in [-0.39, 0.29) is 18.4 Å². The first-order chi connectivity index (χ1) is 11.3. The first kappa shape index (κ1) is 18.2. The molecule has 2 rings (SSSR count). The summed E-state index contributed by atoms with van der Waals surface area (Å²) in [6, 6.07) is 11.5. The molecule has 2 aromatic rings. The van der Waals surface area contributed by atoms with Gasteiger partial charge in [0.25, 0.3) is 0 Å². The van der Waals surface area contributed by atoms with Crippen molar-refractivity contribution in [3.05, 3.63) is 57.6 Å². The van der Waals surface area contributed by atoms with Crippen LogP contribution in [0.3, 0.4) is 0 Å². The van der Waals surface area contributed by atoms with Crippen LogP contribution < -0.4 is 10.2 Å². The Morgan fingerprint density at radius 1 is 1.04 bits per heavy atom. The maximum Gasteiger partial charge on any atom is 0.244 e. The molecule has 2 aromatic carbocycles. The van der Waals surface area contributed by atoms with Gasteiger partial charge in [0.05, 0.1) is 0 Å². The second kappa shape index (κ2) is 7.62. The maximum absolute atomic E-state index is 12.4. The molecule has 2 amide bonds. The van der Waals surface area contributed by atoms with Crippen LogP contribution in [-0.4, -0.2) is 18.4 Å². The Morgan fingerprint density at radius 2 is 1.67 bits per heavy atom. The lowest BCUT2D eigenvalue weighted by molar-refractivity contribution is -0.120. The lowest BCUT2D eigenvalue weighted by atomic mass is 10.1. The fourth-order valence-corrected chi connectivity index (χ4v) is 2.89. The standard InChI is InChI=1S/C19H21BrN2O2/c1-12-7-13(2)9-16(8-12)21-19(24)11-22(15(4)23)17-6-5-14(3)18(20)10-17/h5-10H,11H2,1-4H3,(H,21,24). The second-order valence-electron chi connectivity index (χ2n) is 5.96. The highest BCUT2D eigenvalue weighted by molar-refractivity contribution is 9.10. The van der Waals surface area contributed by atoms with Crippen LogP contribution in [0.5, 0.6) is 0 Å². The number of hydrogen-bond donors (Lipinski definition) is 1. The molecule has 0 aliphatic carbocycles. The summed E-state index contributed by atoms with van der Waals surface area (Å²) in [7, 11) is 0. The molecule has 5 heteroatoms. The van der Waals surface area contributed by atoms with Gasteiger partial charge in [-0.15, -0.1) is 0 Å². The molecule has 0 fully saturated rings. The summed E-state index contributed by atoms with van der Waals surface area (Å²) >= 11 is 3.46. The number of carbonyl (C=O) groups excluding carboxylic acids is 2. The molecule has 0 heterocycles. The van der Waals surface area contributed by atoms with Gasteiger partial charge in [-0.05, 0) is 61.7 Å². The van der Waals surface area contributed by atoms with Crippen molar-refractivity contribution in [3.8, 4) is 0 Å². The van der Waals surface area contributed by atoms with Gasteiger partial charge in [-0.25, -0.2) is 0 Å². The SMILES string of the molecule is CC(=O)N(CC(=O)Nc1cc(C)cc(C)c1)c1ccc(C)c(Br)c1. The molecule has 0 aliphatic heterocycles. The third-order valence-corrected chi connectivity index (χ3v) is 4.51. The highest BCUT2D eigenvalue weighted by atomic mass is 79.9. The van der Waals surface area contributed by atoms with Crippen molar-refractivity contribution in [3.63, 3.8) is 0 Å². The third kappa shape index (κ3) is 4.68. The number of benzene rings is 2. The lowest BCUT2D eigenvalue weighted by Crippen LogP contribution is -2.36. The van der Waals surface area contributed by atoms with Crippen molar-refractivity contribution in [2.24, 2.45) is 0 Å². The van der Waals surface area contributed by atoms with Crippen LogP contribution in [0.25, 0.3) is 0 Å². The monoisotopic (exact) mass is 388 g/mol. The Kier molecular flexibility index (Phi) is 5.78. The topological polar surface area (TPSA) is 49.4 Å². The molecular formula is C19H21BrN2O2. The summed E-state index contributed by atoms with van der Waals surface area (Å²) in [6.07, 6.45) is 0. The normalized spacial score (nSPS) is 10.4. The Balaban J connectivity index is 2.16. The van der Waals surface area contributed by atoms with E-state index in [0.717, 1.165) is 26.9 Å². The van der Waals surface area contributed by atoms with Gasteiger partial charge in [0.15, 0.2) is 0 Å². The third-order valence-electron chi connectivity index (χ3n) is 3.65. The Morgan fingerprint density at radius 3 is 2.21 bits per heavy atom. The molecular weight excluding hydrogens is 368 g/mol. The molecule has 0 spiro atoms. The first-order valence-electron chi connectivity index (χ1n) is 7.68. The van der Waals surface area contributed by atoms with Gasteiger partial charge in [0.1, 0.15) is 6.54 Å². The molecule has 1 N–H and O–H groups in total. The number of aryl methyl sites for hydroxylation is 3. The van der Waals surface area contributed by atoms with Gasteiger partial charge in [0, 0.05) is 22.8 Å². The minimum Gasteiger partial charge on any atom is -0.325 e. The number of halogens is 1. The summed E-state index contributed by atoms with van der Waals surface area (Å²) in [5.41, 5.74) is 4.66. The van der Waals surface area contributed by atoms with E-state index in [1.165, 1.54) is 11.8 Å². The zero-order valence-corrected chi connectivity index (χ0v) is 15.9. The van der Waals surface area contributed by atoms with Crippen molar-refractivity contribution in [1.29, 1.82) is 0 Å². The predicted molar refractivity (Wildman–Crippen MR) is 101 cm³/mol.